The van der Waals surface area contributed by atoms with Crippen molar-refractivity contribution in [1.29, 1.82) is 0 Å². The Kier molecular flexibility index (Phi) is 7.58. The standard InChI is InChI=1S/C34H37N5O4/c1-34(2,3)43-33(42)36-14-6-15-39-16-13-22-10-9-21(17-29(22)39)19-35-20-28-30(25-7-4-5-8-27(25)37-28)31-26-18-23(40)11-12-24(26)32(41)38-31/h4-5,7-13,16-18,31,35,37,40H,6,14-15,19-20H2,1-3H3,(H,36,42)(H,38,41). The van der Waals surface area contributed by atoms with Gasteiger partial charge >= 0.3 is 6.09 Å². The predicted octanol–water partition coefficient (Wildman–Crippen LogP) is 5.87. The van der Waals surface area contributed by atoms with Crippen LogP contribution in [0.25, 0.3) is 21.8 Å². The van der Waals surface area contributed by atoms with Gasteiger partial charge in [-0.05, 0) is 80.1 Å². The van der Waals surface area contributed by atoms with E-state index >= 15 is 0 Å². The first-order chi connectivity index (χ1) is 20.7. The topological polar surface area (TPSA) is 120 Å². The summed E-state index contributed by atoms with van der Waals surface area (Å²) in [6.07, 6.45) is 2.47. The van der Waals surface area contributed by atoms with E-state index in [1.54, 1.807) is 18.2 Å². The largest absolute Gasteiger partial charge is 0.508 e. The van der Waals surface area contributed by atoms with E-state index in [0.717, 1.165) is 51.8 Å². The predicted molar refractivity (Wildman–Crippen MR) is 167 cm³/mol. The molecule has 0 radical (unpaired) electrons. The molecule has 3 heterocycles. The lowest BCUT2D eigenvalue weighted by atomic mass is 9.95. The lowest BCUT2D eigenvalue weighted by Crippen LogP contribution is -2.33. The minimum atomic E-state index is -0.511. The fourth-order valence-electron chi connectivity index (χ4n) is 5.82. The van der Waals surface area contributed by atoms with Crippen molar-refractivity contribution in [2.75, 3.05) is 6.54 Å². The van der Waals surface area contributed by atoms with E-state index in [2.05, 4.69) is 62.0 Å². The molecule has 1 aliphatic heterocycles. The van der Waals surface area contributed by atoms with Crippen LogP contribution in [0, 0.1) is 0 Å². The molecule has 5 N–H and O–H groups in total. The number of rotatable bonds is 9. The van der Waals surface area contributed by atoms with Gasteiger partial charge in [-0.2, -0.15) is 0 Å². The summed E-state index contributed by atoms with van der Waals surface area (Å²) in [5, 5.41) is 21.9. The molecule has 222 valence electrons. The third kappa shape index (κ3) is 6.08. The van der Waals surface area contributed by atoms with E-state index in [4.69, 9.17) is 4.74 Å². The Hall–Kier alpha value is -4.76. The molecule has 9 heteroatoms. The van der Waals surface area contributed by atoms with E-state index in [1.165, 1.54) is 5.39 Å². The van der Waals surface area contributed by atoms with Crippen molar-refractivity contribution in [2.45, 2.75) is 58.5 Å². The molecule has 0 spiro atoms. The molecule has 9 nitrogen and oxygen atoms in total. The zero-order chi connectivity index (χ0) is 30.1. The highest BCUT2D eigenvalue weighted by Gasteiger charge is 2.33. The Bertz CT molecular complexity index is 1810. The fraction of sp³-hybridized carbons (Fsp3) is 0.294. The van der Waals surface area contributed by atoms with Crippen LogP contribution in [0.3, 0.4) is 0 Å². The average Bonchev–Trinajstić information content (AvgIpc) is 3.62. The lowest BCUT2D eigenvalue weighted by molar-refractivity contribution is 0.0526. The highest BCUT2D eigenvalue weighted by atomic mass is 16.6. The van der Waals surface area contributed by atoms with Gasteiger partial charge in [-0.3, -0.25) is 4.79 Å². The molecule has 3 aromatic carbocycles. The molecule has 6 rings (SSSR count). The van der Waals surface area contributed by atoms with Gasteiger partial charge in [0.05, 0.1) is 6.04 Å². The maximum atomic E-state index is 12.8. The monoisotopic (exact) mass is 579 g/mol. The van der Waals surface area contributed by atoms with Crippen molar-refractivity contribution in [1.82, 2.24) is 25.5 Å². The fourth-order valence-corrected chi connectivity index (χ4v) is 5.82. The number of fused-ring (bicyclic) bond motifs is 3. The highest BCUT2D eigenvalue weighted by molar-refractivity contribution is 6.01. The summed E-state index contributed by atoms with van der Waals surface area (Å²) in [5.41, 5.74) is 6.15. The second-order valence-electron chi connectivity index (χ2n) is 12.0. The van der Waals surface area contributed by atoms with Crippen LogP contribution < -0.4 is 16.0 Å². The number of hydrogen-bond acceptors (Lipinski definition) is 5. The summed E-state index contributed by atoms with van der Waals surface area (Å²) in [6.45, 7) is 8.09. The van der Waals surface area contributed by atoms with E-state index < -0.39 is 11.7 Å². The second kappa shape index (κ2) is 11.5. The second-order valence-corrected chi connectivity index (χ2v) is 12.0. The summed E-state index contributed by atoms with van der Waals surface area (Å²) < 4.78 is 7.52. The third-order valence-corrected chi connectivity index (χ3v) is 7.70. The number of para-hydroxylation sites is 1. The number of H-pyrrole nitrogens is 1. The number of nitrogens with zero attached hydrogens (tertiary/aromatic N) is 1. The smallest absolute Gasteiger partial charge is 0.407 e. The van der Waals surface area contributed by atoms with Gasteiger partial charge in [-0.15, -0.1) is 0 Å². The van der Waals surface area contributed by atoms with Crippen molar-refractivity contribution in [3.05, 3.63) is 101 Å². The number of carbonyl (C=O) groups excluding carboxylic acids is 2. The normalized spacial score (nSPS) is 14.7. The number of carbonyl (C=O) groups is 2. The molecule has 0 fully saturated rings. The van der Waals surface area contributed by atoms with Crippen LogP contribution in [-0.4, -0.2) is 38.8 Å². The molecule has 1 atom stereocenters. The number of nitrogens with one attached hydrogen (secondary N) is 4. The zero-order valence-corrected chi connectivity index (χ0v) is 24.7. The first-order valence-corrected chi connectivity index (χ1v) is 14.6. The molecular weight excluding hydrogens is 542 g/mol. The summed E-state index contributed by atoms with van der Waals surface area (Å²) in [6, 6.07) is 21.2. The van der Waals surface area contributed by atoms with Crippen LogP contribution in [0.1, 0.15) is 66.0 Å². The summed E-state index contributed by atoms with van der Waals surface area (Å²) in [5.74, 6) is 0.000305. The van der Waals surface area contributed by atoms with Gasteiger partial charge in [-0.25, -0.2) is 4.79 Å². The van der Waals surface area contributed by atoms with Crippen LogP contribution in [-0.2, 0) is 24.4 Å². The number of alkyl carbamates (subject to hydrolysis) is 1. The Morgan fingerprint density at radius 1 is 1.05 bits per heavy atom. The number of ether oxygens (including phenoxy) is 1. The zero-order valence-electron chi connectivity index (χ0n) is 24.7. The lowest BCUT2D eigenvalue weighted by Gasteiger charge is -2.19. The van der Waals surface area contributed by atoms with E-state index in [9.17, 15) is 14.7 Å². The number of aromatic hydroxyl groups is 1. The van der Waals surface area contributed by atoms with Gasteiger partial charge in [0.15, 0.2) is 0 Å². The quantitative estimate of drug-likeness (QED) is 0.140. The highest BCUT2D eigenvalue weighted by Crippen LogP contribution is 2.38. The minimum absolute atomic E-state index is 0.138. The maximum Gasteiger partial charge on any atom is 0.407 e. The molecule has 43 heavy (non-hydrogen) atoms. The van der Waals surface area contributed by atoms with Gasteiger partial charge in [0.1, 0.15) is 11.4 Å². The number of aryl methyl sites for hydroxylation is 1. The number of benzene rings is 3. The number of aromatic amines is 1. The summed E-state index contributed by atoms with van der Waals surface area (Å²) in [7, 11) is 0. The first kappa shape index (κ1) is 28.4. The van der Waals surface area contributed by atoms with Crippen LogP contribution in [0.5, 0.6) is 5.75 Å². The number of amides is 2. The number of hydrogen-bond donors (Lipinski definition) is 5. The van der Waals surface area contributed by atoms with Crippen molar-refractivity contribution < 1.29 is 19.4 Å². The van der Waals surface area contributed by atoms with E-state index in [1.807, 2.05) is 39.0 Å². The Morgan fingerprint density at radius 3 is 2.72 bits per heavy atom. The molecule has 1 unspecified atom stereocenters. The van der Waals surface area contributed by atoms with Gasteiger partial charge < -0.3 is 35.3 Å². The van der Waals surface area contributed by atoms with Gasteiger partial charge in [0, 0.05) is 65.6 Å². The molecule has 1 aliphatic rings. The van der Waals surface area contributed by atoms with Crippen LogP contribution in [0.4, 0.5) is 4.79 Å². The van der Waals surface area contributed by atoms with E-state index in [-0.39, 0.29) is 17.7 Å². The summed E-state index contributed by atoms with van der Waals surface area (Å²) >= 11 is 0. The third-order valence-electron chi connectivity index (χ3n) is 7.70. The molecular formula is C34H37N5O4. The molecule has 2 aromatic heterocycles. The van der Waals surface area contributed by atoms with Crippen molar-refractivity contribution in [2.24, 2.45) is 0 Å². The average molecular weight is 580 g/mol. The molecule has 5 aromatic rings. The molecule has 0 bridgehead atoms. The van der Waals surface area contributed by atoms with Crippen LogP contribution in [0.15, 0.2) is 72.9 Å². The number of phenols is 1. The molecule has 0 aliphatic carbocycles. The minimum Gasteiger partial charge on any atom is -0.508 e. The van der Waals surface area contributed by atoms with Crippen LogP contribution in [0.2, 0.25) is 0 Å². The summed E-state index contributed by atoms with van der Waals surface area (Å²) in [4.78, 5) is 28.2. The van der Waals surface area contributed by atoms with Gasteiger partial charge in [0.25, 0.3) is 5.91 Å². The molecule has 0 saturated heterocycles. The SMILES string of the molecule is CC(C)(C)OC(=O)NCCCn1ccc2ccc(CNCc3[nH]c4ccccc4c3C3NC(=O)c4ccc(O)cc43)cc21. The Balaban J connectivity index is 1.14. The van der Waals surface area contributed by atoms with Gasteiger partial charge in [0.2, 0.25) is 0 Å². The Morgan fingerprint density at radius 2 is 1.88 bits per heavy atom. The van der Waals surface area contributed by atoms with Gasteiger partial charge in [-0.1, -0.05) is 30.3 Å². The van der Waals surface area contributed by atoms with Crippen molar-refractivity contribution in [3.8, 4) is 5.75 Å². The Labute approximate surface area is 250 Å². The van der Waals surface area contributed by atoms with Crippen molar-refractivity contribution >= 4 is 33.8 Å². The first-order valence-electron chi connectivity index (χ1n) is 14.6. The number of aromatic nitrogens is 2. The molecule has 0 saturated carbocycles. The maximum absolute atomic E-state index is 12.8. The van der Waals surface area contributed by atoms with E-state index in [0.29, 0.717) is 25.2 Å². The van der Waals surface area contributed by atoms with Crippen LogP contribution >= 0.6 is 0 Å². The number of phenolic OH excluding ortho intramolecular Hbond substituents is 1. The van der Waals surface area contributed by atoms with Crippen molar-refractivity contribution in [3.63, 3.8) is 0 Å². The molecule has 2 amide bonds.